The van der Waals surface area contributed by atoms with Crippen molar-refractivity contribution in [3.8, 4) is 0 Å². The molecule has 1 heterocycles. The van der Waals surface area contributed by atoms with Crippen LogP contribution in [0.3, 0.4) is 0 Å². The summed E-state index contributed by atoms with van der Waals surface area (Å²) in [5.41, 5.74) is 3.09. The number of amides is 2. The third kappa shape index (κ3) is 3.60. The number of carbonyl (C=O) groups excluding carboxylic acids is 1. The summed E-state index contributed by atoms with van der Waals surface area (Å²) in [6, 6.07) is 21.7. The van der Waals surface area contributed by atoms with E-state index in [0.717, 1.165) is 22.8 Å². The number of halogens is 1. The minimum Gasteiger partial charge on any atom is -0.478 e. The van der Waals surface area contributed by atoms with Gasteiger partial charge in [0.05, 0.1) is 17.3 Å². The van der Waals surface area contributed by atoms with Gasteiger partial charge in [0, 0.05) is 5.57 Å². The fourth-order valence-electron chi connectivity index (χ4n) is 3.46. The Bertz CT molecular complexity index is 1110. The van der Waals surface area contributed by atoms with Crippen molar-refractivity contribution in [1.82, 2.24) is 10.6 Å². The fourth-order valence-corrected chi connectivity index (χ4v) is 3.46. The number of carbonyl (C=O) groups is 2. The zero-order valence-electron chi connectivity index (χ0n) is 15.2. The van der Waals surface area contributed by atoms with Gasteiger partial charge in [0.2, 0.25) is 0 Å². The van der Waals surface area contributed by atoms with E-state index in [9.17, 15) is 14.0 Å². The van der Waals surface area contributed by atoms with E-state index < -0.39 is 29.4 Å². The lowest BCUT2D eigenvalue weighted by Gasteiger charge is -2.31. The number of carboxylic acid groups (broad SMARTS) is 1. The van der Waals surface area contributed by atoms with E-state index in [0.29, 0.717) is 11.3 Å². The molecule has 29 heavy (non-hydrogen) atoms. The Morgan fingerprint density at radius 1 is 0.897 bits per heavy atom. The zero-order valence-corrected chi connectivity index (χ0v) is 15.2. The van der Waals surface area contributed by atoms with Crippen LogP contribution in [0.25, 0.3) is 11.3 Å². The summed E-state index contributed by atoms with van der Waals surface area (Å²) in [5.74, 6) is -2.19. The fraction of sp³-hybridized carbons (Fsp3) is 0.0435. The van der Waals surface area contributed by atoms with Crippen molar-refractivity contribution >= 4 is 23.3 Å². The van der Waals surface area contributed by atoms with Crippen LogP contribution in [0.2, 0.25) is 0 Å². The predicted molar refractivity (Wildman–Crippen MR) is 107 cm³/mol. The summed E-state index contributed by atoms with van der Waals surface area (Å²) >= 11 is 0. The first-order valence-electron chi connectivity index (χ1n) is 9.00. The van der Waals surface area contributed by atoms with Gasteiger partial charge in [-0.2, -0.15) is 0 Å². The van der Waals surface area contributed by atoms with Crippen LogP contribution < -0.4 is 10.6 Å². The Balaban J connectivity index is 1.93. The number of carboxylic acids is 1. The number of hydrogen-bond acceptors (Lipinski definition) is 2. The smallest absolute Gasteiger partial charge is 0.338 e. The molecule has 0 saturated carbocycles. The molecule has 6 heteroatoms. The number of benzene rings is 3. The van der Waals surface area contributed by atoms with Gasteiger partial charge in [-0.15, -0.1) is 0 Å². The highest BCUT2D eigenvalue weighted by atomic mass is 19.1. The van der Waals surface area contributed by atoms with E-state index in [4.69, 9.17) is 5.11 Å². The second kappa shape index (κ2) is 7.59. The second-order valence-electron chi connectivity index (χ2n) is 6.60. The van der Waals surface area contributed by atoms with Crippen LogP contribution in [0.15, 0.2) is 78.9 Å². The van der Waals surface area contributed by atoms with Crippen molar-refractivity contribution in [1.29, 1.82) is 0 Å². The first-order chi connectivity index (χ1) is 14.0. The molecular weight excluding hydrogens is 371 g/mol. The van der Waals surface area contributed by atoms with Crippen molar-refractivity contribution < 1.29 is 19.1 Å². The van der Waals surface area contributed by atoms with Gasteiger partial charge >= 0.3 is 12.0 Å². The zero-order chi connectivity index (χ0) is 20.4. The van der Waals surface area contributed by atoms with Gasteiger partial charge < -0.3 is 15.7 Å². The SMILES string of the molecule is O=C1NC(c2ccccc2)=C(c2ccccc2)C(c2ccc(C(=O)O)c(F)c2)N1. The summed E-state index contributed by atoms with van der Waals surface area (Å²) in [6.07, 6.45) is 0. The molecule has 5 nitrogen and oxygen atoms in total. The molecule has 3 N–H and O–H groups in total. The van der Waals surface area contributed by atoms with Gasteiger partial charge in [0.1, 0.15) is 5.82 Å². The average Bonchev–Trinajstić information content (AvgIpc) is 2.74. The summed E-state index contributed by atoms with van der Waals surface area (Å²) in [6.45, 7) is 0. The van der Waals surface area contributed by atoms with Crippen LogP contribution >= 0.6 is 0 Å². The summed E-state index contributed by atoms with van der Waals surface area (Å²) in [7, 11) is 0. The van der Waals surface area contributed by atoms with Gasteiger partial charge in [-0.25, -0.2) is 14.0 Å². The third-order valence-corrected chi connectivity index (χ3v) is 4.78. The van der Waals surface area contributed by atoms with E-state index in [1.165, 1.54) is 12.1 Å². The van der Waals surface area contributed by atoms with Crippen molar-refractivity contribution in [3.63, 3.8) is 0 Å². The largest absolute Gasteiger partial charge is 0.478 e. The van der Waals surface area contributed by atoms with E-state index in [1.807, 2.05) is 60.7 Å². The lowest BCUT2D eigenvalue weighted by Crippen LogP contribution is -2.43. The number of aromatic carboxylic acids is 1. The second-order valence-corrected chi connectivity index (χ2v) is 6.60. The molecule has 0 aromatic heterocycles. The first-order valence-corrected chi connectivity index (χ1v) is 9.00. The van der Waals surface area contributed by atoms with E-state index >= 15 is 0 Å². The van der Waals surface area contributed by atoms with Crippen molar-refractivity contribution in [2.45, 2.75) is 6.04 Å². The lowest BCUT2D eigenvalue weighted by atomic mass is 9.87. The number of rotatable bonds is 4. The molecule has 4 rings (SSSR count). The van der Waals surface area contributed by atoms with Crippen LogP contribution in [0.4, 0.5) is 9.18 Å². The third-order valence-electron chi connectivity index (χ3n) is 4.78. The highest BCUT2D eigenvalue weighted by molar-refractivity contribution is 6.03. The molecule has 0 bridgehead atoms. The standard InChI is InChI=1S/C23H17FN2O3/c24-18-13-16(11-12-17(18)22(27)28)21-19(14-7-3-1-4-8-14)20(25-23(29)26-21)15-9-5-2-6-10-15/h1-13,21H,(H,27,28)(H2,25,26,29). The van der Waals surface area contributed by atoms with Gasteiger partial charge in [0.15, 0.2) is 0 Å². The Kier molecular flexibility index (Phi) is 4.83. The quantitative estimate of drug-likeness (QED) is 0.618. The topological polar surface area (TPSA) is 78.4 Å². The van der Waals surface area contributed by atoms with E-state index in [-0.39, 0.29) is 0 Å². The molecule has 0 fully saturated rings. The molecular formula is C23H17FN2O3. The van der Waals surface area contributed by atoms with Gasteiger partial charge in [-0.1, -0.05) is 66.7 Å². The molecule has 3 aromatic carbocycles. The Morgan fingerprint density at radius 2 is 1.52 bits per heavy atom. The normalized spacial score (nSPS) is 16.2. The summed E-state index contributed by atoms with van der Waals surface area (Å²) < 4.78 is 14.4. The number of urea groups is 1. The molecule has 0 aliphatic carbocycles. The molecule has 0 saturated heterocycles. The van der Waals surface area contributed by atoms with Crippen LogP contribution in [-0.4, -0.2) is 17.1 Å². The molecule has 0 spiro atoms. The van der Waals surface area contributed by atoms with Crippen LogP contribution in [0, 0.1) is 5.82 Å². The van der Waals surface area contributed by atoms with Crippen LogP contribution in [0.1, 0.15) is 33.1 Å². The molecule has 144 valence electrons. The maximum absolute atomic E-state index is 14.4. The Labute approximate surface area is 166 Å². The molecule has 3 aromatic rings. The Morgan fingerprint density at radius 3 is 2.10 bits per heavy atom. The van der Waals surface area contributed by atoms with E-state index in [2.05, 4.69) is 10.6 Å². The van der Waals surface area contributed by atoms with E-state index in [1.54, 1.807) is 0 Å². The molecule has 1 unspecified atom stereocenters. The van der Waals surface area contributed by atoms with Crippen molar-refractivity contribution in [3.05, 3.63) is 107 Å². The summed E-state index contributed by atoms with van der Waals surface area (Å²) in [5, 5.41) is 14.8. The molecule has 1 aliphatic heterocycles. The minimum atomic E-state index is -1.34. The van der Waals surface area contributed by atoms with Crippen LogP contribution in [-0.2, 0) is 0 Å². The van der Waals surface area contributed by atoms with Crippen LogP contribution in [0.5, 0.6) is 0 Å². The molecule has 0 radical (unpaired) electrons. The maximum atomic E-state index is 14.4. The predicted octanol–water partition coefficient (Wildman–Crippen LogP) is 4.45. The molecule has 1 aliphatic rings. The molecule has 2 amide bonds. The number of hydrogen-bond donors (Lipinski definition) is 3. The highest BCUT2D eigenvalue weighted by Crippen LogP contribution is 2.38. The molecule has 1 atom stereocenters. The van der Waals surface area contributed by atoms with Gasteiger partial charge in [-0.05, 0) is 28.8 Å². The summed E-state index contributed by atoms with van der Waals surface area (Å²) in [4.78, 5) is 23.6. The average molecular weight is 388 g/mol. The first kappa shape index (κ1) is 18.4. The van der Waals surface area contributed by atoms with Crippen molar-refractivity contribution in [2.75, 3.05) is 0 Å². The monoisotopic (exact) mass is 388 g/mol. The van der Waals surface area contributed by atoms with Gasteiger partial charge in [-0.3, -0.25) is 0 Å². The minimum absolute atomic E-state index is 0.414. The number of nitrogens with one attached hydrogen (secondary N) is 2. The Hall–Kier alpha value is -3.93. The van der Waals surface area contributed by atoms with Gasteiger partial charge in [0.25, 0.3) is 0 Å². The van der Waals surface area contributed by atoms with Crippen molar-refractivity contribution in [2.24, 2.45) is 0 Å². The maximum Gasteiger partial charge on any atom is 0.338 e. The lowest BCUT2D eigenvalue weighted by molar-refractivity contribution is 0.0692. The highest BCUT2D eigenvalue weighted by Gasteiger charge is 2.30.